The maximum atomic E-state index is 11.4. The number of unbranched alkanes of at least 4 members (excludes halogenated alkanes) is 2. The van der Waals surface area contributed by atoms with Crippen molar-refractivity contribution in [1.82, 2.24) is 15.0 Å². The molecule has 0 saturated heterocycles. The molecule has 6 heteroatoms. The van der Waals surface area contributed by atoms with Crippen LogP contribution in [0.3, 0.4) is 0 Å². The van der Waals surface area contributed by atoms with E-state index < -0.39 is 0 Å². The van der Waals surface area contributed by atoms with E-state index in [1.165, 1.54) is 0 Å². The highest BCUT2D eigenvalue weighted by Crippen LogP contribution is 2.01. The third-order valence-corrected chi connectivity index (χ3v) is 2.48. The molecule has 0 aliphatic rings. The molecule has 0 atom stereocenters. The van der Waals surface area contributed by atoms with Crippen LogP contribution in [0.1, 0.15) is 31.4 Å². The topological polar surface area (TPSA) is 90.0 Å². The molecule has 0 aliphatic carbocycles. The number of rotatable bonds is 6. The molecule has 6 nitrogen and oxygen atoms in total. The molecule has 1 rings (SSSR count). The molecule has 0 unspecified atom stereocenters. The van der Waals surface area contributed by atoms with Crippen molar-refractivity contribution in [3.05, 3.63) is 28.4 Å². The molecule has 0 radical (unpaired) electrons. The minimum Gasteiger partial charge on any atom is -0.299 e. The van der Waals surface area contributed by atoms with E-state index in [9.17, 15) is 9.59 Å². The maximum Gasteiger partial charge on any atom is 0.347 e. The van der Waals surface area contributed by atoms with E-state index in [4.69, 9.17) is 5.84 Å². The van der Waals surface area contributed by atoms with Crippen LogP contribution in [0.25, 0.3) is 0 Å². The summed E-state index contributed by atoms with van der Waals surface area (Å²) < 4.78 is 1.58. The minimum absolute atomic E-state index is 0.154. The van der Waals surface area contributed by atoms with Crippen molar-refractivity contribution in [2.45, 2.75) is 39.2 Å². The monoisotopic (exact) mass is 238 g/mol. The van der Waals surface area contributed by atoms with Gasteiger partial charge in [0, 0.05) is 24.9 Å². The van der Waals surface area contributed by atoms with Crippen molar-refractivity contribution in [3.63, 3.8) is 0 Å². The summed E-state index contributed by atoms with van der Waals surface area (Å²) in [6, 6.07) is 1.81. The van der Waals surface area contributed by atoms with E-state index in [1.54, 1.807) is 17.7 Å². The van der Waals surface area contributed by atoms with Crippen molar-refractivity contribution >= 4 is 5.91 Å². The number of nitrogens with zero attached hydrogens (tertiary/aromatic N) is 2. The summed E-state index contributed by atoms with van der Waals surface area (Å²) in [6.07, 6.45) is 4.68. The molecule has 1 amide bonds. The van der Waals surface area contributed by atoms with Crippen LogP contribution >= 0.6 is 0 Å². The van der Waals surface area contributed by atoms with Gasteiger partial charge in [0.2, 0.25) is 5.91 Å². The molecule has 0 saturated carbocycles. The first kappa shape index (κ1) is 13.4. The number of hydrogen-bond donors (Lipinski definition) is 2. The molecule has 17 heavy (non-hydrogen) atoms. The number of carbonyl (C=O) groups is 1. The van der Waals surface area contributed by atoms with E-state index in [0.29, 0.717) is 13.0 Å². The van der Waals surface area contributed by atoms with Crippen molar-refractivity contribution < 1.29 is 4.79 Å². The predicted octanol–water partition coefficient (Wildman–Crippen LogP) is 0.102. The van der Waals surface area contributed by atoms with Crippen molar-refractivity contribution in [1.29, 1.82) is 0 Å². The van der Waals surface area contributed by atoms with Crippen LogP contribution in [0.5, 0.6) is 0 Å². The Morgan fingerprint density at radius 3 is 2.88 bits per heavy atom. The zero-order valence-corrected chi connectivity index (χ0v) is 9.98. The fourth-order valence-electron chi connectivity index (χ4n) is 1.50. The van der Waals surface area contributed by atoms with Crippen LogP contribution in [0.4, 0.5) is 0 Å². The molecule has 1 aromatic heterocycles. The van der Waals surface area contributed by atoms with E-state index in [0.717, 1.165) is 25.0 Å². The molecule has 0 aromatic carbocycles. The molecule has 1 heterocycles. The van der Waals surface area contributed by atoms with Gasteiger partial charge in [-0.1, -0.05) is 6.42 Å². The normalized spacial score (nSPS) is 10.2. The zero-order chi connectivity index (χ0) is 12.7. The lowest BCUT2D eigenvalue weighted by molar-refractivity contribution is -0.121. The molecular weight excluding hydrogens is 220 g/mol. The Kier molecular flexibility index (Phi) is 5.35. The van der Waals surface area contributed by atoms with E-state index in [-0.39, 0.29) is 11.6 Å². The Hall–Kier alpha value is -1.69. The van der Waals surface area contributed by atoms with Gasteiger partial charge >= 0.3 is 5.69 Å². The van der Waals surface area contributed by atoms with Crippen molar-refractivity contribution in [2.24, 2.45) is 5.84 Å². The number of amides is 1. The molecule has 3 N–H and O–H groups in total. The van der Waals surface area contributed by atoms with E-state index >= 15 is 0 Å². The second kappa shape index (κ2) is 6.80. The highest BCUT2D eigenvalue weighted by atomic mass is 16.2. The first-order valence-corrected chi connectivity index (χ1v) is 5.67. The standard InChI is InChI=1S/C11H18N4O2/c1-9-6-8-15(11(17)13-9)7-4-2-3-5-10(16)14-12/h6,8H,2-5,7,12H2,1H3,(H,14,16). The second-order valence-corrected chi connectivity index (χ2v) is 3.92. The Bertz CT molecular complexity index is 428. The SMILES string of the molecule is Cc1ccn(CCCCCC(=O)NN)c(=O)n1. The third-order valence-electron chi connectivity index (χ3n) is 2.48. The van der Waals surface area contributed by atoms with Crippen LogP contribution in [0.15, 0.2) is 17.1 Å². The fraction of sp³-hybridized carbons (Fsp3) is 0.545. The van der Waals surface area contributed by atoms with Crippen molar-refractivity contribution in [3.8, 4) is 0 Å². The smallest absolute Gasteiger partial charge is 0.299 e. The Balaban J connectivity index is 2.27. The number of hydrogen-bond acceptors (Lipinski definition) is 4. The summed E-state index contributed by atoms with van der Waals surface area (Å²) in [5, 5.41) is 0. The van der Waals surface area contributed by atoms with Gasteiger partial charge in [0.05, 0.1) is 0 Å². The number of nitrogens with two attached hydrogens (primary N) is 1. The lowest BCUT2D eigenvalue weighted by Gasteiger charge is -2.04. The lowest BCUT2D eigenvalue weighted by atomic mass is 10.2. The van der Waals surface area contributed by atoms with E-state index in [2.05, 4.69) is 10.4 Å². The van der Waals surface area contributed by atoms with E-state index in [1.807, 2.05) is 6.07 Å². The summed E-state index contributed by atoms with van der Waals surface area (Å²) in [5.74, 6) is 4.81. The number of aryl methyl sites for hydroxylation is 2. The first-order chi connectivity index (χ1) is 8.13. The number of hydrazine groups is 1. The van der Waals surface area contributed by atoms with Gasteiger partial charge in [-0.15, -0.1) is 0 Å². The van der Waals surface area contributed by atoms with Gasteiger partial charge in [-0.3, -0.25) is 14.8 Å². The fourth-order valence-corrected chi connectivity index (χ4v) is 1.50. The molecule has 0 spiro atoms. The summed E-state index contributed by atoms with van der Waals surface area (Å²) in [6.45, 7) is 2.42. The molecule has 0 bridgehead atoms. The summed E-state index contributed by atoms with van der Waals surface area (Å²) in [4.78, 5) is 26.1. The van der Waals surface area contributed by atoms with Gasteiger partial charge in [-0.25, -0.2) is 10.6 Å². The van der Waals surface area contributed by atoms with Crippen LogP contribution < -0.4 is 17.0 Å². The van der Waals surface area contributed by atoms with Gasteiger partial charge < -0.3 is 0 Å². The first-order valence-electron chi connectivity index (χ1n) is 5.67. The molecular formula is C11H18N4O2. The number of aromatic nitrogens is 2. The molecule has 0 fully saturated rings. The number of nitrogens with one attached hydrogen (secondary N) is 1. The van der Waals surface area contributed by atoms with Gasteiger partial charge in [-0.05, 0) is 25.8 Å². The summed E-state index contributed by atoms with van der Waals surface area (Å²) >= 11 is 0. The van der Waals surface area contributed by atoms with Crippen LogP contribution in [0, 0.1) is 6.92 Å². The van der Waals surface area contributed by atoms with Crippen LogP contribution in [-0.2, 0) is 11.3 Å². The zero-order valence-electron chi connectivity index (χ0n) is 9.98. The van der Waals surface area contributed by atoms with Gasteiger partial charge in [0.1, 0.15) is 0 Å². The van der Waals surface area contributed by atoms with Crippen LogP contribution in [-0.4, -0.2) is 15.5 Å². The molecule has 1 aromatic rings. The lowest BCUT2D eigenvalue weighted by Crippen LogP contribution is -2.29. The van der Waals surface area contributed by atoms with Gasteiger partial charge in [0.15, 0.2) is 0 Å². The second-order valence-electron chi connectivity index (χ2n) is 3.92. The Morgan fingerprint density at radius 1 is 1.47 bits per heavy atom. The highest BCUT2D eigenvalue weighted by Gasteiger charge is 1.99. The van der Waals surface area contributed by atoms with Gasteiger partial charge in [0.25, 0.3) is 0 Å². The predicted molar refractivity (Wildman–Crippen MR) is 64.0 cm³/mol. The number of carbonyl (C=O) groups excluding carboxylic acids is 1. The van der Waals surface area contributed by atoms with Crippen molar-refractivity contribution in [2.75, 3.05) is 0 Å². The Labute approximate surface area is 99.8 Å². The largest absolute Gasteiger partial charge is 0.347 e. The highest BCUT2D eigenvalue weighted by molar-refractivity contribution is 5.74. The quantitative estimate of drug-likeness (QED) is 0.318. The maximum absolute atomic E-state index is 11.4. The minimum atomic E-state index is -0.218. The van der Waals surface area contributed by atoms with Gasteiger partial charge in [-0.2, -0.15) is 4.98 Å². The average molecular weight is 238 g/mol. The molecule has 0 aliphatic heterocycles. The van der Waals surface area contributed by atoms with Crippen LogP contribution in [0.2, 0.25) is 0 Å². The summed E-state index contributed by atoms with van der Waals surface area (Å²) in [5.41, 5.74) is 2.59. The average Bonchev–Trinajstić information content (AvgIpc) is 2.30. The Morgan fingerprint density at radius 2 is 2.24 bits per heavy atom. The molecule has 94 valence electrons. The summed E-state index contributed by atoms with van der Waals surface area (Å²) in [7, 11) is 0. The third kappa shape index (κ3) is 4.78.